The van der Waals surface area contributed by atoms with Crippen molar-refractivity contribution in [1.29, 1.82) is 0 Å². The van der Waals surface area contributed by atoms with E-state index in [0.717, 1.165) is 19.3 Å². The molecule has 21 heavy (non-hydrogen) atoms. The van der Waals surface area contributed by atoms with E-state index in [1.54, 1.807) is 0 Å². The Morgan fingerprint density at radius 1 is 1.29 bits per heavy atom. The smallest absolute Gasteiger partial charge is 0.341 e. The summed E-state index contributed by atoms with van der Waals surface area (Å²) in [5.74, 6) is -3.07. The molecule has 0 heterocycles. The summed E-state index contributed by atoms with van der Waals surface area (Å²) in [4.78, 5) is 10.8. The van der Waals surface area contributed by atoms with Crippen LogP contribution in [0.15, 0.2) is 17.0 Å². The molecule has 4 nitrogen and oxygen atoms in total. The Hall–Kier alpha value is -1.21. The van der Waals surface area contributed by atoms with Crippen LogP contribution in [0.1, 0.15) is 36.0 Å². The van der Waals surface area contributed by atoms with Crippen molar-refractivity contribution in [2.24, 2.45) is 5.92 Å². The van der Waals surface area contributed by atoms with Gasteiger partial charge in [-0.15, -0.1) is 0 Å². The zero-order valence-electron chi connectivity index (χ0n) is 10.9. The minimum Gasteiger partial charge on any atom is -0.462 e. The molecule has 1 aliphatic carbocycles. The highest BCUT2D eigenvalue weighted by Crippen LogP contribution is 2.29. The monoisotopic (exact) mass is 338 g/mol. The zero-order valence-corrected chi connectivity index (χ0v) is 12.5. The van der Waals surface area contributed by atoms with Crippen LogP contribution in [0.4, 0.5) is 8.78 Å². The van der Waals surface area contributed by atoms with Crippen molar-refractivity contribution in [2.45, 2.75) is 30.6 Å². The summed E-state index contributed by atoms with van der Waals surface area (Å²) in [7, 11) is 0.611. The van der Waals surface area contributed by atoms with E-state index in [9.17, 15) is 22.0 Å². The largest absolute Gasteiger partial charge is 0.462 e. The minimum atomic E-state index is -4.41. The highest BCUT2D eigenvalue weighted by atomic mass is 35.7. The molecule has 1 fully saturated rings. The van der Waals surface area contributed by atoms with Gasteiger partial charge in [-0.1, -0.05) is 19.3 Å². The van der Waals surface area contributed by atoms with Crippen molar-refractivity contribution in [3.05, 3.63) is 29.3 Å². The molecule has 0 aromatic heterocycles. The Bertz CT molecular complexity index is 656. The van der Waals surface area contributed by atoms with E-state index in [1.807, 2.05) is 0 Å². The predicted molar refractivity (Wildman–Crippen MR) is 71.6 cm³/mol. The SMILES string of the molecule is O=C(OCCC1CCC1)c1cc(S(=O)(=O)Cl)c(F)cc1F. The Balaban J connectivity index is 2.12. The van der Waals surface area contributed by atoms with Gasteiger partial charge in [0.1, 0.15) is 16.5 Å². The Morgan fingerprint density at radius 2 is 1.95 bits per heavy atom. The molecule has 0 saturated heterocycles. The van der Waals surface area contributed by atoms with E-state index in [2.05, 4.69) is 0 Å². The fourth-order valence-corrected chi connectivity index (χ4v) is 2.96. The van der Waals surface area contributed by atoms with Crippen LogP contribution in [-0.4, -0.2) is 21.0 Å². The molecule has 1 aromatic rings. The van der Waals surface area contributed by atoms with E-state index in [-0.39, 0.29) is 6.61 Å². The van der Waals surface area contributed by atoms with Gasteiger partial charge in [0, 0.05) is 16.7 Å². The molecule has 0 atom stereocenters. The van der Waals surface area contributed by atoms with Crippen LogP contribution < -0.4 is 0 Å². The summed E-state index contributed by atoms with van der Waals surface area (Å²) in [5, 5.41) is 0. The normalized spacial score (nSPS) is 15.6. The van der Waals surface area contributed by atoms with Crippen molar-refractivity contribution < 1.29 is 26.7 Å². The maximum Gasteiger partial charge on any atom is 0.341 e. The van der Waals surface area contributed by atoms with Crippen molar-refractivity contribution >= 4 is 25.7 Å². The standard InChI is InChI=1S/C13H13ClF2O4S/c14-21(18,19)12-6-9(10(15)7-11(12)16)13(17)20-5-4-8-2-1-3-8/h6-8H,1-5H2. The van der Waals surface area contributed by atoms with E-state index >= 15 is 0 Å². The maximum atomic E-state index is 13.6. The average Bonchev–Trinajstić information content (AvgIpc) is 2.30. The van der Waals surface area contributed by atoms with Crippen LogP contribution >= 0.6 is 10.7 Å². The third-order valence-electron chi connectivity index (χ3n) is 3.49. The fourth-order valence-electron chi connectivity index (χ4n) is 2.05. The van der Waals surface area contributed by atoms with Gasteiger partial charge in [0.2, 0.25) is 0 Å². The third kappa shape index (κ3) is 3.91. The van der Waals surface area contributed by atoms with Gasteiger partial charge >= 0.3 is 5.97 Å². The molecular weight excluding hydrogens is 326 g/mol. The Labute approximate surface area is 125 Å². The molecule has 0 amide bonds. The molecule has 116 valence electrons. The molecular formula is C13H13ClF2O4S. The lowest BCUT2D eigenvalue weighted by Crippen LogP contribution is -2.16. The zero-order chi connectivity index (χ0) is 15.6. The lowest BCUT2D eigenvalue weighted by Gasteiger charge is -2.24. The van der Waals surface area contributed by atoms with Crippen molar-refractivity contribution in [2.75, 3.05) is 6.61 Å². The van der Waals surface area contributed by atoms with Gasteiger partial charge < -0.3 is 4.74 Å². The first kappa shape index (κ1) is 16.2. The number of carbonyl (C=O) groups is 1. The summed E-state index contributed by atoms with van der Waals surface area (Å²) in [5.41, 5.74) is -0.649. The van der Waals surface area contributed by atoms with Gasteiger partial charge in [-0.2, -0.15) is 0 Å². The van der Waals surface area contributed by atoms with Gasteiger partial charge in [-0.3, -0.25) is 0 Å². The van der Waals surface area contributed by atoms with Crippen molar-refractivity contribution in [3.8, 4) is 0 Å². The second-order valence-electron chi connectivity index (χ2n) is 4.92. The summed E-state index contributed by atoms with van der Waals surface area (Å²) in [6.07, 6.45) is 3.99. The van der Waals surface area contributed by atoms with Crippen molar-refractivity contribution in [1.82, 2.24) is 0 Å². The number of hydrogen-bond donors (Lipinski definition) is 0. The summed E-state index contributed by atoms with van der Waals surface area (Å²) in [6.45, 7) is 0.114. The highest BCUT2D eigenvalue weighted by Gasteiger charge is 2.24. The van der Waals surface area contributed by atoms with Gasteiger partial charge in [-0.25, -0.2) is 22.0 Å². The highest BCUT2D eigenvalue weighted by molar-refractivity contribution is 8.13. The van der Waals surface area contributed by atoms with E-state index < -0.39 is 37.1 Å². The minimum absolute atomic E-state index is 0.114. The van der Waals surface area contributed by atoms with Crippen molar-refractivity contribution in [3.63, 3.8) is 0 Å². The van der Waals surface area contributed by atoms with Gasteiger partial charge in [0.25, 0.3) is 9.05 Å². The summed E-state index contributed by atoms with van der Waals surface area (Å²) < 4.78 is 54.1. The van der Waals surface area contributed by atoms with Crippen LogP contribution in [0, 0.1) is 17.6 Å². The van der Waals surface area contributed by atoms with Gasteiger partial charge in [0.15, 0.2) is 0 Å². The lowest BCUT2D eigenvalue weighted by molar-refractivity contribution is 0.0458. The topological polar surface area (TPSA) is 60.4 Å². The fraction of sp³-hybridized carbons (Fsp3) is 0.462. The number of benzene rings is 1. The van der Waals surface area contributed by atoms with Crippen LogP contribution in [0.25, 0.3) is 0 Å². The number of carbonyl (C=O) groups excluding carboxylic acids is 1. The quantitative estimate of drug-likeness (QED) is 0.611. The van der Waals surface area contributed by atoms with Crippen LogP contribution in [0.3, 0.4) is 0 Å². The first-order valence-electron chi connectivity index (χ1n) is 6.40. The molecule has 0 bridgehead atoms. The molecule has 1 aliphatic rings. The molecule has 0 unspecified atom stereocenters. The second kappa shape index (κ2) is 6.27. The molecule has 0 N–H and O–H groups in total. The molecule has 0 aliphatic heterocycles. The number of halogens is 3. The lowest BCUT2D eigenvalue weighted by atomic mass is 9.83. The van der Waals surface area contributed by atoms with E-state index in [1.165, 1.54) is 0 Å². The van der Waals surface area contributed by atoms with Crippen LogP contribution in [0.5, 0.6) is 0 Å². The number of esters is 1. The van der Waals surface area contributed by atoms with Crippen LogP contribution in [-0.2, 0) is 13.8 Å². The van der Waals surface area contributed by atoms with E-state index in [4.69, 9.17) is 15.4 Å². The van der Waals surface area contributed by atoms with Gasteiger partial charge in [0.05, 0.1) is 12.2 Å². The molecule has 1 aromatic carbocycles. The molecule has 2 rings (SSSR count). The summed E-state index contributed by atoms with van der Waals surface area (Å²) in [6, 6.07) is 0.858. The summed E-state index contributed by atoms with van der Waals surface area (Å²) >= 11 is 0. The first-order valence-corrected chi connectivity index (χ1v) is 8.71. The first-order chi connectivity index (χ1) is 9.79. The number of hydrogen-bond acceptors (Lipinski definition) is 4. The molecule has 1 saturated carbocycles. The number of ether oxygens (including phenoxy) is 1. The molecule has 0 spiro atoms. The average molecular weight is 339 g/mol. The van der Waals surface area contributed by atoms with Crippen LogP contribution in [0.2, 0.25) is 0 Å². The predicted octanol–water partition coefficient (Wildman–Crippen LogP) is 3.24. The van der Waals surface area contributed by atoms with E-state index in [0.29, 0.717) is 24.5 Å². The second-order valence-corrected chi connectivity index (χ2v) is 7.46. The number of rotatable bonds is 5. The van der Waals surface area contributed by atoms with Gasteiger partial charge in [-0.05, 0) is 18.4 Å². The molecule has 8 heteroatoms. The maximum absolute atomic E-state index is 13.6. The Kier molecular flexibility index (Phi) is 4.83. The Morgan fingerprint density at radius 3 is 2.48 bits per heavy atom. The molecule has 0 radical (unpaired) electrons. The third-order valence-corrected chi connectivity index (χ3v) is 4.83.